The minimum absolute atomic E-state index is 0.196. The van der Waals surface area contributed by atoms with E-state index >= 15 is 0 Å². The number of hydrogen-bond donors (Lipinski definition) is 0. The van der Waals surface area contributed by atoms with Gasteiger partial charge in [0.15, 0.2) is 0 Å². The minimum Gasteiger partial charge on any atom is -0.267 e. The van der Waals surface area contributed by atoms with Gasteiger partial charge in [0.2, 0.25) is 0 Å². The summed E-state index contributed by atoms with van der Waals surface area (Å²) in [4.78, 5) is 0. The number of aromatic nitrogens is 2. The fourth-order valence-electron chi connectivity index (χ4n) is 3.23. The van der Waals surface area contributed by atoms with Crippen molar-refractivity contribution in [3.8, 4) is 22.4 Å². The first-order chi connectivity index (χ1) is 11.4. The average molecular weight is 343 g/mol. The third kappa shape index (κ3) is 2.84. The van der Waals surface area contributed by atoms with Crippen molar-refractivity contribution in [3.63, 3.8) is 0 Å². The van der Waals surface area contributed by atoms with E-state index in [9.17, 15) is 4.39 Å². The molecule has 0 atom stereocenters. The molecule has 0 radical (unpaired) electrons. The molecule has 3 rings (SSSR count). The second kappa shape index (κ2) is 6.40. The summed E-state index contributed by atoms with van der Waals surface area (Å²) in [5.74, 6) is -0.196. The predicted octanol–water partition coefficient (Wildman–Crippen LogP) is 5.73. The molecule has 124 valence electrons. The van der Waals surface area contributed by atoms with Crippen molar-refractivity contribution in [1.82, 2.24) is 9.78 Å². The van der Waals surface area contributed by atoms with Crippen molar-refractivity contribution in [2.75, 3.05) is 0 Å². The molecule has 0 N–H and O–H groups in total. The molecule has 2 nitrogen and oxygen atoms in total. The van der Waals surface area contributed by atoms with Crippen LogP contribution < -0.4 is 0 Å². The van der Waals surface area contributed by atoms with E-state index in [-0.39, 0.29) is 5.82 Å². The molecule has 0 spiro atoms. The van der Waals surface area contributed by atoms with Gasteiger partial charge in [-0.3, -0.25) is 4.68 Å². The average Bonchev–Trinajstić information content (AvgIpc) is 2.82. The van der Waals surface area contributed by atoms with Crippen molar-refractivity contribution in [2.45, 2.75) is 27.2 Å². The summed E-state index contributed by atoms with van der Waals surface area (Å²) in [6, 6.07) is 11.2. The van der Waals surface area contributed by atoms with Gasteiger partial charge in [0.1, 0.15) is 5.82 Å². The standard InChI is InChI=1S/C20H20ClFN2/c1-5-14-10-12(2)18(17(22)11-14)19-13(3)23-24(4)20(19)15-6-8-16(21)9-7-15/h6-11H,5H2,1-4H3. The fourth-order valence-corrected chi connectivity index (χ4v) is 3.36. The Morgan fingerprint density at radius 3 is 2.33 bits per heavy atom. The number of hydrogen-bond acceptors (Lipinski definition) is 1. The van der Waals surface area contributed by atoms with Gasteiger partial charge in [-0.25, -0.2) is 4.39 Å². The van der Waals surface area contributed by atoms with Crippen LogP contribution >= 0.6 is 11.6 Å². The highest BCUT2D eigenvalue weighted by molar-refractivity contribution is 6.30. The zero-order valence-electron chi connectivity index (χ0n) is 14.3. The van der Waals surface area contributed by atoms with Gasteiger partial charge in [0.05, 0.1) is 11.4 Å². The minimum atomic E-state index is -0.196. The maximum atomic E-state index is 14.9. The number of halogens is 2. The molecule has 24 heavy (non-hydrogen) atoms. The van der Waals surface area contributed by atoms with Crippen molar-refractivity contribution in [1.29, 1.82) is 0 Å². The summed E-state index contributed by atoms with van der Waals surface area (Å²) >= 11 is 6.00. The number of benzene rings is 2. The van der Waals surface area contributed by atoms with Crippen LogP contribution in [0.1, 0.15) is 23.7 Å². The highest BCUT2D eigenvalue weighted by Crippen LogP contribution is 2.38. The van der Waals surface area contributed by atoms with Crippen LogP contribution in [0, 0.1) is 19.7 Å². The van der Waals surface area contributed by atoms with Crippen LogP contribution in [0.4, 0.5) is 4.39 Å². The summed E-state index contributed by atoms with van der Waals surface area (Å²) in [5, 5.41) is 5.20. The zero-order valence-corrected chi connectivity index (χ0v) is 15.1. The molecule has 0 aliphatic carbocycles. The van der Waals surface area contributed by atoms with Crippen LogP contribution in [0.2, 0.25) is 5.02 Å². The lowest BCUT2D eigenvalue weighted by atomic mass is 9.93. The molecule has 0 aliphatic rings. The second-order valence-corrected chi connectivity index (χ2v) is 6.50. The first-order valence-electron chi connectivity index (χ1n) is 8.01. The molecule has 0 amide bonds. The van der Waals surface area contributed by atoms with E-state index in [1.807, 2.05) is 52.1 Å². The number of aryl methyl sites for hydroxylation is 4. The van der Waals surface area contributed by atoms with Crippen LogP contribution in [-0.2, 0) is 13.5 Å². The molecule has 1 heterocycles. The molecule has 2 aromatic carbocycles. The Labute approximate surface area is 146 Å². The maximum absolute atomic E-state index is 14.9. The molecule has 0 bridgehead atoms. The van der Waals surface area contributed by atoms with Crippen molar-refractivity contribution in [2.24, 2.45) is 7.05 Å². The monoisotopic (exact) mass is 342 g/mol. The Morgan fingerprint density at radius 1 is 1.08 bits per heavy atom. The van der Waals surface area contributed by atoms with Crippen LogP contribution in [-0.4, -0.2) is 9.78 Å². The lowest BCUT2D eigenvalue weighted by Crippen LogP contribution is -1.97. The van der Waals surface area contributed by atoms with Crippen molar-refractivity contribution in [3.05, 3.63) is 64.1 Å². The Bertz CT molecular complexity index is 872. The van der Waals surface area contributed by atoms with E-state index in [0.29, 0.717) is 10.6 Å². The van der Waals surface area contributed by atoms with E-state index in [1.165, 1.54) is 0 Å². The van der Waals surface area contributed by atoms with Gasteiger partial charge in [-0.2, -0.15) is 5.10 Å². The van der Waals surface area contributed by atoms with Crippen molar-refractivity contribution >= 4 is 11.6 Å². The summed E-state index contributed by atoms with van der Waals surface area (Å²) in [6.45, 7) is 5.90. The number of rotatable bonds is 3. The van der Waals surface area contributed by atoms with Gasteiger partial charge in [-0.15, -0.1) is 0 Å². The molecule has 0 fully saturated rings. The van der Waals surface area contributed by atoms with Gasteiger partial charge >= 0.3 is 0 Å². The lowest BCUT2D eigenvalue weighted by Gasteiger charge is -2.13. The summed E-state index contributed by atoms with van der Waals surface area (Å²) in [5.41, 5.74) is 6.08. The van der Waals surface area contributed by atoms with Gasteiger partial charge in [-0.1, -0.05) is 36.7 Å². The van der Waals surface area contributed by atoms with Crippen LogP contribution in [0.15, 0.2) is 36.4 Å². The zero-order chi connectivity index (χ0) is 17.4. The van der Waals surface area contributed by atoms with E-state index in [4.69, 9.17) is 11.6 Å². The highest BCUT2D eigenvalue weighted by Gasteiger charge is 2.21. The van der Waals surface area contributed by atoms with E-state index < -0.39 is 0 Å². The molecule has 3 aromatic rings. The first-order valence-corrected chi connectivity index (χ1v) is 8.39. The van der Waals surface area contributed by atoms with Gasteiger partial charge in [0.25, 0.3) is 0 Å². The Kier molecular flexibility index (Phi) is 4.46. The maximum Gasteiger partial charge on any atom is 0.131 e. The quantitative estimate of drug-likeness (QED) is 0.594. The van der Waals surface area contributed by atoms with Crippen LogP contribution in [0.5, 0.6) is 0 Å². The highest BCUT2D eigenvalue weighted by atomic mass is 35.5. The Hall–Kier alpha value is -2.13. The molecule has 4 heteroatoms. The van der Waals surface area contributed by atoms with E-state index in [1.54, 1.807) is 10.7 Å². The third-order valence-electron chi connectivity index (χ3n) is 4.35. The first kappa shape index (κ1) is 16.7. The number of nitrogens with zero attached hydrogens (tertiary/aromatic N) is 2. The molecule has 0 aliphatic heterocycles. The van der Waals surface area contributed by atoms with E-state index in [0.717, 1.165) is 40.1 Å². The largest absolute Gasteiger partial charge is 0.267 e. The third-order valence-corrected chi connectivity index (χ3v) is 4.60. The molecule has 1 aromatic heterocycles. The molecule has 0 saturated heterocycles. The molecule has 0 saturated carbocycles. The molecular weight excluding hydrogens is 323 g/mol. The second-order valence-electron chi connectivity index (χ2n) is 6.06. The van der Waals surface area contributed by atoms with Gasteiger partial charge < -0.3 is 0 Å². The normalized spacial score (nSPS) is 11.1. The molecule has 0 unspecified atom stereocenters. The Morgan fingerprint density at radius 2 is 1.75 bits per heavy atom. The predicted molar refractivity (Wildman–Crippen MR) is 97.9 cm³/mol. The SMILES string of the molecule is CCc1cc(C)c(-c2c(C)nn(C)c2-c2ccc(Cl)cc2)c(F)c1. The summed E-state index contributed by atoms with van der Waals surface area (Å²) in [6.07, 6.45) is 0.814. The fraction of sp³-hybridized carbons (Fsp3) is 0.250. The van der Waals surface area contributed by atoms with Crippen LogP contribution in [0.3, 0.4) is 0 Å². The van der Waals surface area contributed by atoms with Gasteiger partial charge in [-0.05, 0) is 49.6 Å². The summed E-state index contributed by atoms with van der Waals surface area (Å²) < 4.78 is 16.7. The topological polar surface area (TPSA) is 17.8 Å². The van der Waals surface area contributed by atoms with Crippen LogP contribution in [0.25, 0.3) is 22.4 Å². The summed E-state index contributed by atoms with van der Waals surface area (Å²) in [7, 11) is 1.88. The molecular formula is C20H20ClFN2. The van der Waals surface area contributed by atoms with Crippen molar-refractivity contribution < 1.29 is 4.39 Å². The Balaban J connectivity index is 2.28. The lowest BCUT2D eigenvalue weighted by molar-refractivity contribution is 0.628. The van der Waals surface area contributed by atoms with E-state index in [2.05, 4.69) is 11.2 Å². The van der Waals surface area contributed by atoms with Gasteiger partial charge in [0, 0.05) is 28.8 Å². The smallest absolute Gasteiger partial charge is 0.131 e.